The van der Waals surface area contributed by atoms with Crippen LogP contribution >= 0.6 is 0 Å². The van der Waals surface area contributed by atoms with E-state index in [0.29, 0.717) is 31.8 Å². The largest absolute Gasteiger partial charge is 0.478 e. The minimum atomic E-state index is -1.26. The lowest BCUT2D eigenvalue weighted by atomic mass is 10.0. The first-order chi connectivity index (χ1) is 16.9. The quantitative estimate of drug-likeness (QED) is 0.238. The second-order valence-electron chi connectivity index (χ2n) is 8.68. The first kappa shape index (κ1) is 31.4. The van der Waals surface area contributed by atoms with Crippen molar-refractivity contribution in [1.29, 1.82) is 0 Å². The van der Waals surface area contributed by atoms with E-state index in [1.807, 2.05) is 0 Å². The summed E-state index contributed by atoms with van der Waals surface area (Å²) in [5.74, 6) is -4.35. The number of ether oxygens (including phenoxy) is 1. The van der Waals surface area contributed by atoms with Crippen molar-refractivity contribution in [2.45, 2.75) is 38.8 Å². The van der Waals surface area contributed by atoms with Gasteiger partial charge in [0.2, 0.25) is 5.91 Å². The van der Waals surface area contributed by atoms with E-state index in [1.165, 1.54) is 4.90 Å². The van der Waals surface area contributed by atoms with Gasteiger partial charge in [0.25, 0.3) is 6.47 Å². The molecule has 0 spiro atoms. The third kappa shape index (κ3) is 8.77. The van der Waals surface area contributed by atoms with E-state index in [1.54, 1.807) is 23.9 Å². The van der Waals surface area contributed by atoms with Gasteiger partial charge in [-0.25, -0.2) is 22.8 Å². The number of likely N-dealkylation sites (tertiary alicyclic amines) is 2. The van der Waals surface area contributed by atoms with E-state index in [4.69, 9.17) is 10.8 Å². The summed E-state index contributed by atoms with van der Waals surface area (Å²) in [6, 6.07) is 0.435. The number of carbonyl (C=O) groups is 4. The molecule has 2 aliphatic rings. The Kier molecular flexibility index (Phi) is 12.1. The van der Waals surface area contributed by atoms with Crippen molar-refractivity contribution in [1.82, 2.24) is 14.7 Å². The van der Waals surface area contributed by atoms with Crippen LogP contribution in [0.3, 0.4) is 0 Å². The van der Waals surface area contributed by atoms with Gasteiger partial charge in [-0.1, -0.05) is 7.43 Å². The van der Waals surface area contributed by atoms with E-state index in [-0.39, 0.29) is 56.2 Å². The van der Waals surface area contributed by atoms with Crippen LogP contribution in [0.25, 0.3) is 0 Å². The standard InChI is InChI=1S/C19H25F3N4O2.C4H4O4.CH4/c1-24(2)19(28)25-9-11-3-4-26(17(11)10-25)18(27)7-13(23)5-12-6-15(21)16(22)8-14(12)20;5-3-8-2-1-4(6)7;/h6,8,11,13,17H,3-5,7,9-10,23H2,1-2H3;1-3H,(H,6,7);1H4/b;2-1+;/t11-,13+,17+;;/m0../s1. The molecule has 3 amide bonds. The maximum atomic E-state index is 13.8. The van der Waals surface area contributed by atoms with Gasteiger partial charge in [0, 0.05) is 58.2 Å². The summed E-state index contributed by atoms with van der Waals surface area (Å²) in [5, 5.41) is 7.86. The van der Waals surface area contributed by atoms with Gasteiger partial charge >= 0.3 is 12.0 Å². The first-order valence-corrected chi connectivity index (χ1v) is 11.1. The second kappa shape index (κ2) is 14.2. The van der Waals surface area contributed by atoms with Crippen molar-refractivity contribution in [3.8, 4) is 0 Å². The van der Waals surface area contributed by atoms with Gasteiger partial charge in [0.15, 0.2) is 11.6 Å². The van der Waals surface area contributed by atoms with Crippen LogP contribution in [0, 0.1) is 23.4 Å². The Balaban J connectivity index is 0.000000661. The molecule has 3 N–H and O–H groups in total. The van der Waals surface area contributed by atoms with E-state index < -0.39 is 29.5 Å². The molecule has 10 nitrogen and oxygen atoms in total. The predicted octanol–water partition coefficient (Wildman–Crippen LogP) is 1.97. The Morgan fingerprint density at radius 2 is 1.84 bits per heavy atom. The molecule has 2 saturated heterocycles. The summed E-state index contributed by atoms with van der Waals surface area (Å²) >= 11 is 0. The highest BCUT2D eigenvalue weighted by Gasteiger charge is 2.44. The molecular weight excluding hydrogens is 497 g/mol. The monoisotopic (exact) mass is 530 g/mol. The van der Waals surface area contributed by atoms with Crippen LogP contribution in [-0.4, -0.2) is 90.0 Å². The van der Waals surface area contributed by atoms with Gasteiger partial charge in [-0.3, -0.25) is 9.59 Å². The summed E-state index contributed by atoms with van der Waals surface area (Å²) in [4.78, 5) is 48.8. The molecular formula is C24H33F3N4O6. The number of nitrogens with two attached hydrogens (primary N) is 1. The third-order valence-corrected chi connectivity index (χ3v) is 5.87. The molecule has 2 heterocycles. The summed E-state index contributed by atoms with van der Waals surface area (Å²) in [6.45, 7) is 1.85. The summed E-state index contributed by atoms with van der Waals surface area (Å²) < 4.78 is 44.1. The normalized spacial score (nSPS) is 18.9. The molecule has 0 bridgehead atoms. The third-order valence-electron chi connectivity index (χ3n) is 5.87. The number of aliphatic carboxylic acids is 1. The average molecular weight is 531 g/mol. The maximum Gasteiger partial charge on any atom is 0.331 e. The Morgan fingerprint density at radius 3 is 2.43 bits per heavy atom. The van der Waals surface area contributed by atoms with Crippen molar-refractivity contribution in [3.63, 3.8) is 0 Å². The average Bonchev–Trinajstić information content (AvgIpc) is 3.38. The molecule has 3 rings (SSSR count). The number of hydrogen-bond donors (Lipinski definition) is 2. The number of rotatable bonds is 7. The van der Waals surface area contributed by atoms with Gasteiger partial charge in [-0.05, 0) is 24.5 Å². The summed E-state index contributed by atoms with van der Waals surface area (Å²) in [6.07, 6.45) is 2.23. The molecule has 0 unspecified atom stereocenters. The highest BCUT2D eigenvalue weighted by atomic mass is 19.2. The number of benzene rings is 1. The lowest BCUT2D eigenvalue weighted by molar-refractivity contribution is -0.133. The van der Waals surface area contributed by atoms with Crippen molar-refractivity contribution in [2.24, 2.45) is 11.7 Å². The van der Waals surface area contributed by atoms with Crippen molar-refractivity contribution in [2.75, 3.05) is 33.7 Å². The molecule has 13 heteroatoms. The summed E-state index contributed by atoms with van der Waals surface area (Å²) in [5.41, 5.74) is 5.93. The number of carboxylic acid groups (broad SMARTS) is 1. The van der Waals surface area contributed by atoms with Crippen LogP contribution in [0.5, 0.6) is 0 Å². The Bertz CT molecular complexity index is 1010. The van der Waals surface area contributed by atoms with Crippen LogP contribution in [-0.2, 0) is 25.5 Å². The fourth-order valence-electron chi connectivity index (χ4n) is 4.26. The second-order valence-corrected chi connectivity index (χ2v) is 8.68. The fourth-order valence-corrected chi connectivity index (χ4v) is 4.26. The van der Waals surface area contributed by atoms with E-state index in [9.17, 15) is 32.3 Å². The molecule has 3 atom stereocenters. The minimum absolute atomic E-state index is 0. The molecule has 0 saturated carbocycles. The molecule has 2 fully saturated rings. The van der Waals surface area contributed by atoms with Crippen LogP contribution < -0.4 is 5.73 Å². The molecule has 1 aromatic rings. The lowest BCUT2D eigenvalue weighted by Crippen LogP contribution is -2.44. The number of amides is 3. The van der Waals surface area contributed by atoms with Crippen LogP contribution in [0.4, 0.5) is 18.0 Å². The SMILES string of the molecule is C.CN(C)C(=O)N1C[C@@H]2CCN(C(=O)C[C@H](N)Cc3cc(F)c(F)cc3F)[C@@H]2C1.O=CO/C=C/C(=O)O. The molecule has 0 aromatic heterocycles. The van der Waals surface area contributed by atoms with Crippen molar-refractivity contribution < 1.29 is 42.2 Å². The number of carboxylic acids is 1. The van der Waals surface area contributed by atoms with Crippen molar-refractivity contribution in [3.05, 3.63) is 47.5 Å². The van der Waals surface area contributed by atoms with Crippen LogP contribution in [0.2, 0.25) is 0 Å². The van der Waals surface area contributed by atoms with Gasteiger partial charge in [-0.15, -0.1) is 0 Å². The van der Waals surface area contributed by atoms with E-state index in [0.717, 1.165) is 18.7 Å². The van der Waals surface area contributed by atoms with Gasteiger partial charge in [-0.2, -0.15) is 0 Å². The number of hydrogen-bond acceptors (Lipinski definition) is 6. The first-order valence-electron chi connectivity index (χ1n) is 11.1. The lowest BCUT2D eigenvalue weighted by Gasteiger charge is -2.27. The Labute approximate surface area is 213 Å². The van der Waals surface area contributed by atoms with Gasteiger partial charge in [0.1, 0.15) is 12.1 Å². The number of halogens is 3. The topological polar surface area (TPSA) is 133 Å². The van der Waals surface area contributed by atoms with Gasteiger partial charge in [0.05, 0.1) is 12.1 Å². The molecule has 0 aliphatic carbocycles. The van der Waals surface area contributed by atoms with E-state index >= 15 is 0 Å². The number of fused-ring (bicyclic) bond motifs is 1. The predicted molar refractivity (Wildman–Crippen MR) is 128 cm³/mol. The number of nitrogens with zero attached hydrogens (tertiary/aromatic N) is 3. The van der Waals surface area contributed by atoms with Crippen LogP contribution in [0.1, 0.15) is 25.8 Å². The zero-order valence-electron chi connectivity index (χ0n) is 19.9. The minimum Gasteiger partial charge on any atom is -0.478 e. The summed E-state index contributed by atoms with van der Waals surface area (Å²) in [7, 11) is 3.38. The molecule has 206 valence electrons. The zero-order chi connectivity index (χ0) is 27.0. The molecule has 2 aliphatic heterocycles. The van der Waals surface area contributed by atoms with Crippen molar-refractivity contribution >= 4 is 24.4 Å². The molecule has 0 radical (unpaired) electrons. The molecule has 37 heavy (non-hydrogen) atoms. The van der Waals surface area contributed by atoms with Gasteiger partial charge < -0.3 is 30.3 Å². The Morgan fingerprint density at radius 1 is 1.19 bits per heavy atom. The smallest absolute Gasteiger partial charge is 0.331 e. The highest BCUT2D eigenvalue weighted by molar-refractivity contribution is 5.79. The molecule has 1 aromatic carbocycles. The van der Waals surface area contributed by atoms with Crippen LogP contribution in [0.15, 0.2) is 24.5 Å². The zero-order valence-corrected chi connectivity index (χ0v) is 19.9. The highest BCUT2D eigenvalue weighted by Crippen LogP contribution is 2.32. The fraction of sp³-hybridized carbons (Fsp3) is 0.500. The Hall–Kier alpha value is -3.61. The van der Waals surface area contributed by atoms with E-state index in [2.05, 4.69) is 4.74 Å². The maximum absolute atomic E-state index is 13.8. The number of urea groups is 1. The number of carbonyl (C=O) groups excluding carboxylic acids is 3.